The van der Waals surface area contributed by atoms with Crippen LogP contribution in [0.15, 0.2) is 24.3 Å². The van der Waals surface area contributed by atoms with E-state index < -0.39 is 51.1 Å². The van der Waals surface area contributed by atoms with Gasteiger partial charge in [0.25, 0.3) is 0 Å². The fraction of sp³-hybridized carbons (Fsp3) is 0.833. The van der Waals surface area contributed by atoms with Gasteiger partial charge in [-0.05, 0) is 44.9 Å². The average Bonchev–Trinajstić information content (AvgIpc) is 3.14. The molecule has 0 heterocycles. The van der Waals surface area contributed by atoms with Crippen LogP contribution in [-0.4, -0.2) is 59.9 Å². The third-order valence-corrected chi connectivity index (χ3v) is 10.2. The second kappa shape index (κ2) is 37.9. The molecule has 1 unspecified atom stereocenters. The van der Waals surface area contributed by atoms with Crippen LogP contribution in [0.1, 0.15) is 194 Å². The first kappa shape index (κ1) is 52.0. The van der Waals surface area contributed by atoms with Gasteiger partial charge in [0.1, 0.15) is 12.6 Å². The number of esters is 2. The summed E-state index contributed by atoms with van der Waals surface area (Å²) in [4.78, 5) is 45.9. The number of aliphatic carboxylic acids is 1. The largest absolute Gasteiger partial charge is 0.480 e. The van der Waals surface area contributed by atoms with Gasteiger partial charge in [0.05, 0.1) is 13.2 Å². The van der Waals surface area contributed by atoms with Crippen molar-refractivity contribution in [1.29, 1.82) is 0 Å². The molecule has 0 radical (unpaired) electrons. The predicted octanol–water partition coefficient (Wildman–Crippen LogP) is 11.1. The number of hydrogen-bond donors (Lipinski definition) is 3. The van der Waals surface area contributed by atoms with Crippen molar-refractivity contribution in [3.05, 3.63) is 24.3 Å². The molecule has 54 heavy (non-hydrogen) atoms. The number of ether oxygens (including phenoxy) is 2. The van der Waals surface area contributed by atoms with Gasteiger partial charge in [-0.25, -0.2) is 4.57 Å². The summed E-state index contributed by atoms with van der Waals surface area (Å²) in [6.07, 6.45) is 38.1. The molecular weight excluding hydrogens is 709 g/mol. The zero-order chi connectivity index (χ0) is 40.0. The van der Waals surface area contributed by atoms with E-state index in [-0.39, 0.29) is 19.4 Å². The van der Waals surface area contributed by atoms with Crippen LogP contribution in [0.4, 0.5) is 0 Å². The summed E-state index contributed by atoms with van der Waals surface area (Å²) in [7, 11) is -4.71. The first-order valence-electron chi connectivity index (χ1n) is 21.4. The molecule has 0 amide bonds. The van der Waals surface area contributed by atoms with Crippen LogP contribution in [0.3, 0.4) is 0 Å². The molecule has 3 atom stereocenters. The lowest BCUT2D eigenvalue weighted by Gasteiger charge is -2.20. The summed E-state index contributed by atoms with van der Waals surface area (Å²) in [5.41, 5.74) is 5.33. The van der Waals surface area contributed by atoms with Crippen LogP contribution >= 0.6 is 7.82 Å². The van der Waals surface area contributed by atoms with Gasteiger partial charge < -0.3 is 25.2 Å². The topological polar surface area (TPSA) is 172 Å². The van der Waals surface area contributed by atoms with Crippen LogP contribution < -0.4 is 5.73 Å². The summed E-state index contributed by atoms with van der Waals surface area (Å²) < 4.78 is 32.7. The van der Waals surface area contributed by atoms with Gasteiger partial charge in [-0.3, -0.25) is 23.4 Å². The lowest BCUT2D eigenvalue weighted by atomic mass is 10.0. The van der Waals surface area contributed by atoms with Gasteiger partial charge in [-0.1, -0.05) is 160 Å². The fourth-order valence-electron chi connectivity index (χ4n) is 5.80. The van der Waals surface area contributed by atoms with Crippen LogP contribution in [0.2, 0.25) is 0 Å². The molecule has 0 aromatic carbocycles. The minimum atomic E-state index is -4.71. The van der Waals surface area contributed by atoms with E-state index in [1.54, 1.807) is 0 Å². The normalized spacial score (nSPS) is 14.0. The van der Waals surface area contributed by atoms with E-state index in [1.807, 2.05) is 0 Å². The number of carbonyl (C=O) groups is 3. The molecule has 12 heteroatoms. The number of hydrogen-bond acceptors (Lipinski definition) is 9. The summed E-state index contributed by atoms with van der Waals surface area (Å²) >= 11 is 0. The van der Waals surface area contributed by atoms with Crippen molar-refractivity contribution >= 4 is 25.7 Å². The highest BCUT2D eigenvalue weighted by molar-refractivity contribution is 7.47. The van der Waals surface area contributed by atoms with Crippen molar-refractivity contribution in [2.75, 3.05) is 19.8 Å². The highest BCUT2D eigenvalue weighted by Gasteiger charge is 2.28. The van der Waals surface area contributed by atoms with Gasteiger partial charge in [0.2, 0.25) is 0 Å². The molecule has 0 aliphatic carbocycles. The zero-order valence-electron chi connectivity index (χ0n) is 34.1. The predicted molar refractivity (Wildman–Crippen MR) is 217 cm³/mol. The second-order valence-corrected chi connectivity index (χ2v) is 15.9. The Bertz CT molecular complexity index is 1020. The maximum atomic E-state index is 12.6. The lowest BCUT2D eigenvalue weighted by molar-refractivity contribution is -0.161. The molecule has 4 N–H and O–H groups in total. The van der Waals surface area contributed by atoms with Crippen molar-refractivity contribution < 1.29 is 47.5 Å². The molecule has 11 nitrogen and oxygen atoms in total. The van der Waals surface area contributed by atoms with E-state index in [0.29, 0.717) is 12.8 Å². The van der Waals surface area contributed by atoms with Gasteiger partial charge in [0.15, 0.2) is 6.10 Å². The standard InChI is InChI=1S/C42H78NO10P/c1-3-5-7-9-11-13-15-17-18-19-20-22-24-26-28-30-32-34-41(45)53-38(36-51-54(48,49)52-37-39(43)42(46)47)35-50-40(44)33-31-29-27-25-23-21-16-14-12-10-8-6-4-2/h11,13,17-18,38-39H,3-10,12,14-16,19-37,43H2,1-2H3,(H,46,47)(H,48,49)/b13-11-,18-17-/t38-,39+/m1/s1. The van der Waals surface area contributed by atoms with Crippen LogP contribution in [0.25, 0.3) is 0 Å². The Labute approximate surface area is 328 Å². The van der Waals surface area contributed by atoms with Crippen LogP contribution in [0, 0.1) is 0 Å². The van der Waals surface area contributed by atoms with E-state index >= 15 is 0 Å². The smallest absolute Gasteiger partial charge is 0.472 e. The van der Waals surface area contributed by atoms with Crippen LogP contribution in [-0.2, 0) is 37.5 Å². The number of carboxylic acids is 1. The Balaban J connectivity index is 4.37. The molecule has 316 valence electrons. The quantitative estimate of drug-likeness (QED) is 0.0233. The fourth-order valence-corrected chi connectivity index (χ4v) is 6.58. The molecule has 0 aliphatic heterocycles. The van der Waals surface area contributed by atoms with E-state index in [1.165, 1.54) is 96.3 Å². The monoisotopic (exact) mass is 788 g/mol. The van der Waals surface area contributed by atoms with Gasteiger partial charge in [-0.15, -0.1) is 0 Å². The van der Waals surface area contributed by atoms with E-state index in [2.05, 4.69) is 42.7 Å². The summed E-state index contributed by atoms with van der Waals surface area (Å²) in [5.74, 6) is -2.38. The van der Waals surface area contributed by atoms with Crippen molar-refractivity contribution in [3.8, 4) is 0 Å². The number of carbonyl (C=O) groups excluding carboxylic acids is 2. The Morgan fingerprint density at radius 3 is 1.48 bits per heavy atom. The number of phosphoric acid groups is 1. The lowest BCUT2D eigenvalue weighted by Crippen LogP contribution is -2.34. The number of allylic oxidation sites excluding steroid dienone is 4. The highest BCUT2D eigenvalue weighted by Crippen LogP contribution is 2.43. The molecular formula is C42H78NO10P. The SMILES string of the molecule is CCCCC/C=C\C/C=C\CCCCCCCCCC(=O)O[C@H](COC(=O)CCCCCCCCCCCCCCC)COP(=O)(O)OC[C@H](N)C(=O)O. The van der Waals surface area contributed by atoms with Crippen LogP contribution in [0.5, 0.6) is 0 Å². The number of unbranched alkanes of at least 4 members (excludes halogenated alkanes) is 22. The Morgan fingerprint density at radius 2 is 0.981 bits per heavy atom. The molecule has 0 spiro atoms. The third-order valence-electron chi connectivity index (χ3n) is 9.20. The first-order valence-corrected chi connectivity index (χ1v) is 22.9. The zero-order valence-corrected chi connectivity index (χ0v) is 35.0. The average molecular weight is 788 g/mol. The van der Waals surface area contributed by atoms with Gasteiger partial charge in [0, 0.05) is 12.8 Å². The number of rotatable bonds is 40. The second-order valence-electron chi connectivity index (χ2n) is 14.5. The molecule has 0 fully saturated rings. The summed E-state index contributed by atoms with van der Waals surface area (Å²) in [6.45, 7) is 2.77. The maximum absolute atomic E-state index is 12.6. The van der Waals surface area contributed by atoms with E-state index in [4.69, 9.17) is 24.8 Å². The number of nitrogens with two attached hydrogens (primary N) is 1. The molecule has 0 saturated carbocycles. The van der Waals surface area contributed by atoms with Crippen molar-refractivity contribution in [1.82, 2.24) is 0 Å². The highest BCUT2D eigenvalue weighted by atomic mass is 31.2. The third kappa shape index (κ3) is 36.9. The van der Waals surface area contributed by atoms with Crippen molar-refractivity contribution in [2.24, 2.45) is 5.73 Å². The van der Waals surface area contributed by atoms with E-state index in [0.717, 1.165) is 57.8 Å². The number of phosphoric ester groups is 1. The summed E-state index contributed by atoms with van der Waals surface area (Å²) in [6, 6.07) is -1.52. The summed E-state index contributed by atoms with van der Waals surface area (Å²) in [5, 5.41) is 8.88. The molecule has 0 saturated heterocycles. The molecule has 0 aromatic heterocycles. The molecule has 0 bridgehead atoms. The number of carboxylic acid groups (broad SMARTS) is 1. The van der Waals surface area contributed by atoms with E-state index in [9.17, 15) is 23.8 Å². The van der Waals surface area contributed by atoms with Gasteiger partial charge in [-0.2, -0.15) is 0 Å². The van der Waals surface area contributed by atoms with Gasteiger partial charge >= 0.3 is 25.7 Å². The maximum Gasteiger partial charge on any atom is 0.472 e. The Hall–Kier alpha value is -2.04. The first-order chi connectivity index (χ1) is 26.1. The molecule has 0 rings (SSSR count). The van der Waals surface area contributed by atoms with Crippen molar-refractivity contribution in [2.45, 2.75) is 206 Å². The Morgan fingerprint density at radius 1 is 0.574 bits per heavy atom. The molecule has 0 aromatic rings. The minimum absolute atomic E-state index is 0.155. The minimum Gasteiger partial charge on any atom is -0.480 e. The Kier molecular flexibility index (Phi) is 36.4. The van der Waals surface area contributed by atoms with Crippen molar-refractivity contribution in [3.63, 3.8) is 0 Å². The molecule has 0 aliphatic rings.